The number of nitrogens with zero attached hydrogens (tertiary/aromatic N) is 2. The third-order valence-electron chi connectivity index (χ3n) is 5.27. The molecule has 3 aromatic carbocycles. The molecule has 1 aromatic heterocycles. The first-order valence-corrected chi connectivity index (χ1v) is 11.7. The summed E-state index contributed by atoms with van der Waals surface area (Å²) >= 11 is 1.60. The number of carbonyl (C=O) groups is 1. The van der Waals surface area contributed by atoms with Gasteiger partial charge in [-0.15, -0.1) is 0 Å². The van der Waals surface area contributed by atoms with Gasteiger partial charge in [0.1, 0.15) is 5.82 Å². The van der Waals surface area contributed by atoms with Crippen LogP contribution >= 0.6 is 11.8 Å². The van der Waals surface area contributed by atoms with Gasteiger partial charge in [-0.1, -0.05) is 53.7 Å². The van der Waals surface area contributed by atoms with E-state index in [9.17, 15) is 9.18 Å². The zero-order valence-electron chi connectivity index (χ0n) is 18.7. The summed E-state index contributed by atoms with van der Waals surface area (Å²) in [6.07, 6.45) is 0. The fraction of sp³-hybridized carbons (Fsp3) is 0.231. The number of fused-ring (bicyclic) bond motifs is 1. The molecule has 0 radical (unpaired) electrons. The molecule has 1 N–H and O–H groups in total. The minimum Gasteiger partial charge on any atom is -0.383 e. The highest BCUT2D eigenvalue weighted by Crippen LogP contribution is 2.29. The van der Waals surface area contributed by atoms with Crippen molar-refractivity contribution in [1.29, 1.82) is 0 Å². The molecule has 1 amide bonds. The average Bonchev–Trinajstić information content (AvgIpc) is 3.15. The molecule has 5 nitrogen and oxygen atoms in total. The molecular formula is C26H26FN3O2S. The van der Waals surface area contributed by atoms with Gasteiger partial charge >= 0.3 is 0 Å². The SMILES string of the molecule is COCCNC(=O)c1ccc2nc(SCc3ccc(F)cc3)n(Cc3cccc(C)c3)c2c1. The molecule has 0 fully saturated rings. The minimum atomic E-state index is -0.244. The van der Waals surface area contributed by atoms with Crippen molar-refractivity contribution in [3.05, 3.63) is 94.8 Å². The molecular weight excluding hydrogens is 437 g/mol. The Labute approximate surface area is 197 Å². The molecule has 4 rings (SSSR count). The smallest absolute Gasteiger partial charge is 0.251 e. The Morgan fingerprint density at radius 2 is 1.91 bits per heavy atom. The number of hydrogen-bond acceptors (Lipinski definition) is 4. The lowest BCUT2D eigenvalue weighted by atomic mass is 10.1. The highest BCUT2D eigenvalue weighted by atomic mass is 32.2. The third kappa shape index (κ3) is 5.80. The highest BCUT2D eigenvalue weighted by molar-refractivity contribution is 7.98. The first-order chi connectivity index (χ1) is 16.0. The topological polar surface area (TPSA) is 56.1 Å². The number of halogens is 1. The van der Waals surface area contributed by atoms with Gasteiger partial charge in [-0.3, -0.25) is 4.79 Å². The van der Waals surface area contributed by atoms with Crippen molar-refractivity contribution >= 4 is 28.7 Å². The number of methoxy groups -OCH3 is 1. The zero-order valence-corrected chi connectivity index (χ0v) is 19.5. The van der Waals surface area contributed by atoms with E-state index in [4.69, 9.17) is 9.72 Å². The van der Waals surface area contributed by atoms with Crippen LogP contribution in [0.2, 0.25) is 0 Å². The first kappa shape index (κ1) is 23.0. The number of rotatable bonds is 9. The number of nitrogens with one attached hydrogen (secondary N) is 1. The molecule has 0 saturated heterocycles. The number of hydrogen-bond donors (Lipinski definition) is 1. The Morgan fingerprint density at radius 1 is 1.09 bits per heavy atom. The molecule has 0 atom stereocenters. The van der Waals surface area contributed by atoms with Gasteiger partial charge in [-0.25, -0.2) is 9.37 Å². The lowest BCUT2D eigenvalue weighted by molar-refractivity contribution is 0.0937. The van der Waals surface area contributed by atoms with Crippen LogP contribution in [-0.4, -0.2) is 35.7 Å². The van der Waals surface area contributed by atoms with E-state index in [-0.39, 0.29) is 11.7 Å². The van der Waals surface area contributed by atoms with E-state index in [2.05, 4.69) is 35.0 Å². The van der Waals surface area contributed by atoms with Crippen molar-refractivity contribution in [2.45, 2.75) is 24.4 Å². The van der Waals surface area contributed by atoms with Crippen molar-refractivity contribution in [3.8, 4) is 0 Å². The van der Waals surface area contributed by atoms with Gasteiger partial charge in [-0.05, 0) is 48.4 Å². The van der Waals surface area contributed by atoms with Crippen LogP contribution in [0.3, 0.4) is 0 Å². The normalized spacial score (nSPS) is 11.1. The van der Waals surface area contributed by atoms with Gasteiger partial charge in [0, 0.05) is 25.0 Å². The second kappa shape index (κ2) is 10.6. The summed E-state index contributed by atoms with van der Waals surface area (Å²) in [5.41, 5.74) is 5.69. The zero-order chi connectivity index (χ0) is 23.2. The van der Waals surface area contributed by atoms with Crippen LogP contribution in [0, 0.1) is 12.7 Å². The van der Waals surface area contributed by atoms with Gasteiger partial charge in [0.2, 0.25) is 0 Å². The quantitative estimate of drug-likeness (QED) is 0.274. The lowest BCUT2D eigenvalue weighted by Gasteiger charge is -2.11. The molecule has 1 heterocycles. The molecule has 0 spiro atoms. The van der Waals surface area contributed by atoms with Gasteiger partial charge < -0.3 is 14.6 Å². The lowest BCUT2D eigenvalue weighted by Crippen LogP contribution is -2.26. The number of ether oxygens (including phenoxy) is 1. The van der Waals surface area contributed by atoms with E-state index in [0.717, 1.165) is 27.3 Å². The molecule has 33 heavy (non-hydrogen) atoms. The van der Waals surface area contributed by atoms with Crippen molar-refractivity contribution in [2.75, 3.05) is 20.3 Å². The Kier molecular flexibility index (Phi) is 7.42. The van der Waals surface area contributed by atoms with Crippen LogP contribution in [0.5, 0.6) is 0 Å². The molecule has 0 aliphatic carbocycles. The molecule has 7 heteroatoms. The Bertz CT molecular complexity index is 1250. The molecule has 0 unspecified atom stereocenters. The summed E-state index contributed by atoms with van der Waals surface area (Å²) < 4.78 is 20.4. The van der Waals surface area contributed by atoms with Crippen LogP contribution in [-0.2, 0) is 17.0 Å². The fourth-order valence-corrected chi connectivity index (χ4v) is 4.56. The maximum Gasteiger partial charge on any atom is 0.251 e. The van der Waals surface area contributed by atoms with Crippen LogP contribution in [0.15, 0.2) is 71.9 Å². The maximum atomic E-state index is 13.3. The average molecular weight is 464 g/mol. The predicted octanol–water partition coefficient (Wildman–Crippen LogP) is 5.20. The molecule has 0 saturated carbocycles. The molecule has 4 aromatic rings. The number of carbonyl (C=O) groups excluding carboxylic acids is 1. The van der Waals surface area contributed by atoms with E-state index < -0.39 is 0 Å². The van der Waals surface area contributed by atoms with Crippen LogP contribution < -0.4 is 5.32 Å². The van der Waals surface area contributed by atoms with Crippen molar-refractivity contribution in [2.24, 2.45) is 0 Å². The van der Waals surface area contributed by atoms with E-state index in [1.165, 1.54) is 17.7 Å². The summed E-state index contributed by atoms with van der Waals surface area (Å²) in [7, 11) is 1.60. The Morgan fingerprint density at radius 3 is 2.67 bits per heavy atom. The van der Waals surface area contributed by atoms with Crippen LogP contribution in [0.1, 0.15) is 27.0 Å². The summed E-state index contributed by atoms with van der Waals surface area (Å²) in [5, 5.41) is 3.72. The second-order valence-corrected chi connectivity index (χ2v) is 8.78. The van der Waals surface area contributed by atoms with E-state index in [1.54, 1.807) is 37.1 Å². The van der Waals surface area contributed by atoms with Crippen LogP contribution in [0.4, 0.5) is 4.39 Å². The van der Waals surface area contributed by atoms with Crippen molar-refractivity contribution in [3.63, 3.8) is 0 Å². The fourth-order valence-electron chi connectivity index (χ4n) is 3.60. The number of imidazole rings is 1. The van der Waals surface area contributed by atoms with E-state index in [0.29, 0.717) is 31.0 Å². The maximum absolute atomic E-state index is 13.3. The number of amides is 1. The van der Waals surface area contributed by atoms with Crippen molar-refractivity contribution < 1.29 is 13.9 Å². The summed E-state index contributed by atoms with van der Waals surface area (Å²) in [6.45, 7) is 3.62. The number of aromatic nitrogens is 2. The van der Waals surface area contributed by atoms with Gasteiger partial charge in [-0.2, -0.15) is 0 Å². The Hall–Kier alpha value is -3.16. The predicted molar refractivity (Wildman–Crippen MR) is 130 cm³/mol. The standard InChI is InChI=1S/C26H26FN3O2S/c1-18-4-3-5-20(14-18)16-30-24-15-21(25(31)28-12-13-32-2)8-11-23(24)29-26(30)33-17-19-6-9-22(27)10-7-19/h3-11,14-15H,12-13,16-17H2,1-2H3,(H,28,31). The molecule has 170 valence electrons. The van der Waals surface area contributed by atoms with E-state index in [1.807, 2.05) is 18.2 Å². The highest BCUT2D eigenvalue weighted by Gasteiger charge is 2.15. The minimum absolute atomic E-state index is 0.141. The first-order valence-electron chi connectivity index (χ1n) is 10.7. The third-order valence-corrected chi connectivity index (χ3v) is 6.32. The van der Waals surface area contributed by atoms with Crippen LogP contribution in [0.25, 0.3) is 11.0 Å². The number of thioether (sulfide) groups is 1. The number of aryl methyl sites for hydroxylation is 1. The van der Waals surface area contributed by atoms with Gasteiger partial charge in [0.05, 0.1) is 24.2 Å². The summed E-state index contributed by atoms with van der Waals surface area (Å²) in [5.74, 6) is 0.284. The molecule has 0 aliphatic heterocycles. The largest absolute Gasteiger partial charge is 0.383 e. The second-order valence-electron chi connectivity index (χ2n) is 7.84. The Balaban J connectivity index is 1.67. The number of benzene rings is 3. The summed E-state index contributed by atoms with van der Waals surface area (Å²) in [6, 6.07) is 20.5. The summed E-state index contributed by atoms with van der Waals surface area (Å²) in [4.78, 5) is 17.4. The van der Waals surface area contributed by atoms with E-state index >= 15 is 0 Å². The molecule has 0 aliphatic rings. The van der Waals surface area contributed by atoms with Gasteiger partial charge in [0.15, 0.2) is 5.16 Å². The van der Waals surface area contributed by atoms with Crippen molar-refractivity contribution in [1.82, 2.24) is 14.9 Å². The monoisotopic (exact) mass is 463 g/mol. The van der Waals surface area contributed by atoms with Gasteiger partial charge in [0.25, 0.3) is 5.91 Å². The molecule has 0 bridgehead atoms.